The molecule has 0 radical (unpaired) electrons. The largest absolute Gasteiger partial charge is 0.494 e. The molecule has 50 heavy (non-hydrogen) atoms. The first-order chi connectivity index (χ1) is 24.3. The van der Waals surface area contributed by atoms with Crippen molar-refractivity contribution in [1.82, 2.24) is 29.5 Å². The van der Waals surface area contributed by atoms with Gasteiger partial charge in [0, 0.05) is 24.2 Å². The molecule has 14 heteroatoms. The minimum absolute atomic E-state index is 0.0574. The van der Waals surface area contributed by atoms with Crippen LogP contribution >= 0.6 is 11.6 Å². The van der Waals surface area contributed by atoms with E-state index in [0.29, 0.717) is 58.7 Å². The monoisotopic (exact) mass is 695 g/mol. The topological polar surface area (TPSA) is 152 Å². The second-order valence-corrected chi connectivity index (χ2v) is 12.5. The molecule has 6 aromatic rings. The molecule has 4 N–H and O–H groups in total. The minimum atomic E-state index is -0.764. The molecule has 0 unspecified atom stereocenters. The Morgan fingerprint density at radius 2 is 1.88 bits per heavy atom. The number of ether oxygens (including phenoxy) is 3. The Balaban J connectivity index is 1.23. The maximum atomic E-state index is 15.5. The van der Waals surface area contributed by atoms with Crippen LogP contribution in [0.1, 0.15) is 29.7 Å². The number of benzene rings is 2. The van der Waals surface area contributed by atoms with Gasteiger partial charge in [0.25, 0.3) is 0 Å². The van der Waals surface area contributed by atoms with Crippen LogP contribution in [-0.2, 0) is 23.4 Å². The molecule has 2 aromatic carbocycles. The highest BCUT2D eigenvalue weighted by atomic mass is 35.5. The van der Waals surface area contributed by atoms with Crippen LogP contribution < -0.4 is 25.8 Å². The van der Waals surface area contributed by atoms with E-state index >= 15 is 4.39 Å². The molecule has 1 aliphatic heterocycles. The molecule has 0 saturated carbocycles. The summed E-state index contributed by atoms with van der Waals surface area (Å²) in [6.45, 7) is 1.68. The number of halogens is 2. The molecule has 12 nitrogen and oxygen atoms in total. The maximum absolute atomic E-state index is 15.5. The highest BCUT2D eigenvalue weighted by Crippen LogP contribution is 2.41. The summed E-state index contributed by atoms with van der Waals surface area (Å²) in [4.78, 5) is 24.5. The number of aromatic nitrogens is 6. The van der Waals surface area contributed by atoms with Crippen LogP contribution in [0.15, 0.2) is 85.6 Å². The Labute approximate surface area is 292 Å². The van der Waals surface area contributed by atoms with Crippen molar-refractivity contribution in [2.45, 2.75) is 31.5 Å². The first kappa shape index (κ1) is 33.1. The summed E-state index contributed by atoms with van der Waals surface area (Å²) >= 11 is 6.26. The van der Waals surface area contributed by atoms with E-state index in [1.165, 1.54) is 12.4 Å². The molecule has 0 spiro atoms. The van der Waals surface area contributed by atoms with Crippen molar-refractivity contribution < 1.29 is 18.6 Å². The molecule has 5 heterocycles. The molecule has 4 aromatic heterocycles. The lowest BCUT2D eigenvalue weighted by atomic mass is 9.86. The summed E-state index contributed by atoms with van der Waals surface area (Å²) < 4.78 is 34.6. The molecule has 0 bridgehead atoms. The van der Waals surface area contributed by atoms with Crippen LogP contribution in [0.5, 0.6) is 11.5 Å². The number of piperidine rings is 1. The normalized spacial score (nSPS) is 16.1. The van der Waals surface area contributed by atoms with E-state index in [2.05, 4.69) is 24.8 Å². The predicted molar refractivity (Wildman–Crippen MR) is 188 cm³/mol. The van der Waals surface area contributed by atoms with Gasteiger partial charge >= 0.3 is 0 Å². The average Bonchev–Trinajstić information content (AvgIpc) is 3.54. The van der Waals surface area contributed by atoms with Crippen molar-refractivity contribution in [2.75, 3.05) is 37.6 Å². The number of anilines is 2. The standard InChI is InChI=1S/C36H35ClFN9O3/c1-48-33-25(17-47-21-44-32-34(39)42-20-43-35(32)47)27(46-14-6-13-36(40,19-46)29-9-5-10-30(37)45-29)16-41-31(33)24-11-12-28(26(38)15-24)50-22-49-18-23-7-3-2-4-8-23/h2-5,7-12,15-16,20-21H,6,13-14,17-19,22,40H2,1H3,(H2,39,42,43)/t36-/m1/s1. The Bertz CT molecular complexity index is 2130. The van der Waals surface area contributed by atoms with Crippen LogP contribution in [0.4, 0.5) is 15.9 Å². The van der Waals surface area contributed by atoms with E-state index < -0.39 is 11.4 Å². The van der Waals surface area contributed by atoms with Crippen molar-refractivity contribution in [3.8, 4) is 22.8 Å². The van der Waals surface area contributed by atoms with E-state index in [4.69, 9.17) is 42.3 Å². The van der Waals surface area contributed by atoms with Gasteiger partial charge in [0.15, 0.2) is 35.6 Å². The van der Waals surface area contributed by atoms with Crippen molar-refractivity contribution in [1.29, 1.82) is 0 Å². The molecular weight excluding hydrogens is 661 g/mol. The molecular formula is C36H35ClFN9O3. The van der Waals surface area contributed by atoms with Gasteiger partial charge in [-0.05, 0) is 48.7 Å². The van der Waals surface area contributed by atoms with E-state index in [1.54, 1.807) is 37.8 Å². The Morgan fingerprint density at radius 3 is 2.68 bits per heavy atom. The Hall–Kier alpha value is -5.37. The lowest BCUT2D eigenvalue weighted by Crippen LogP contribution is -2.52. The van der Waals surface area contributed by atoms with Gasteiger partial charge in [-0.25, -0.2) is 24.3 Å². The van der Waals surface area contributed by atoms with E-state index in [0.717, 1.165) is 29.7 Å². The number of nitrogens with zero attached hydrogens (tertiary/aromatic N) is 7. The van der Waals surface area contributed by atoms with E-state index in [-0.39, 0.29) is 24.9 Å². The van der Waals surface area contributed by atoms with Crippen LogP contribution in [-0.4, -0.2) is 56.5 Å². The zero-order chi connectivity index (χ0) is 34.7. The number of pyridine rings is 2. The lowest BCUT2D eigenvalue weighted by Gasteiger charge is -2.41. The fourth-order valence-corrected chi connectivity index (χ4v) is 6.51. The van der Waals surface area contributed by atoms with Gasteiger partial charge in [-0.1, -0.05) is 48.0 Å². The highest BCUT2D eigenvalue weighted by molar-refractivity contribution is 6.29. The SMILES string of the molecule is COc1c(-c2ccc(OCOCc3ccccc3)c(F)c2)ncc(N2CCC[C@](N)(c3cccc(Cl)n3)C2)c1Cn1cnc2c(N)ncnc21. The number of hydrogen-bond donors (Lipinski definition) is 2. The van der Waals surface area contributed by atoms with Gasteiger partial charge < -0.3 is 35.1 Å². The van der Waals surface area contributed by atoms with Crippen molar-refractivity contribution in [2.24, 2.45) is 5.73 Å². The lowest BCUT2D eigenvalue weighted by molar-refractivity contribution is 0.00303. The minimum Gasteiger partial charge on any atom is -0.494 e. The molecule has 256 valence electrons. The fraction of sp³-hybridized carbons (Fsp3) is 0.250. The van der Waals surface area contributed by atoms with E-state index in [9.17, 15) is 0 Å². The smallest absolute Gasteiger partial charge is 0.189 e. The Morgan fingerprint density at radius 1 is 1.02 bits per heavy atom. The maximum Gasteiger partial charge on any atom is 0.189 e. The number of nitrogens with two attached hydrogens (primary N) is 2. The van der Waals surface area contributed by atoms with Crippen molar-refractivity contribution >= 4 is 34.3 Å². The molecule has 0 aliphatic carbocycles. The van der Waals surface area contributed by atoms with Crippen LogP contribution in [0.3, 0.4) is 0 Å². The molecule has 7 rings (SSSR count). The summed E-state index contributed by atoms with van der Waals surface area (Å²) in [6.07, 6.45) is 6.35. The zero-order valence-electron chi connectivity index (χ0n) is 27.3. The number of hydrogen-bond acceptors (Lipinski definition) is 11. The van der Waals surface area contributed by atoms with Gasteiger partial charge in [-0.3, -0.25) is 4.98 Å². The third-order valence-electron chi connectivity index (χ3n) is 8.78. The first-order valence-electron chi connectivity index (χ1n) is 16.0. The second kappa shape index (κ2) is 14.2. The van der Waals surface area contributed by atoms with Crippen molar-refractivity contribution in [3.63, 3.8) is 0 Å². The number of methoxy groups -OCH3 is 1. The van der Waals surface area contributed by atoms with Gasteiger partial charge in [0.2, 0.25) is 0 Å². The summed E-state index contributed by atoms with van der Waals surface area (Å²) in [5.74, 6) is 0.227. The highest BCUT2D eigenvalue weighted by Gasteiger charge is 2.36. The molecule has 1 fully saturated rings. The quantitative estimate of drug-likeness (QED) is 0.0972. The summed E-state index contributed by atoms with van der Waals surface area (Å²) in [6, 6.07) is 19.8. The second-order valence-electron chi connectivity index (χ2n) is 12.1. The predicted octanol–water partition coefficient (Wildman–Crippen LogP) is 5.72. The first-order valence-corrected chi connectivity index (χ1v) is 16.4. The fourth-order valence-electron chi connectivity index (χ4n) is 6.35. The molecule has 1 saturated heterocycles. The van der Waals surface area contributed by atoms with Gasteiger partial charge in [-0.2, -0.15) is 0 Å². The third kappa shape index (κ3) is 6.75. The molecule has 1 atom stereocenters. The van der Waals surface area contributed by atoms with Crippen LogP contribution in [0, 0.1) is 5.82 Å². The zero-order valence-corrected chi connectivity index (χ0v) is 28.1. The van der Waals surface area contributed by atoms with Crippen LogP contribution in [0.2, 0.25) is 5.15 Å². The van der Waals surface area contributed by atoms with Gasteiger partial charge in [0.05, 0.1) is 49.7 Å². The number of imidazole rings is 1. The van der Waals surface area contributed by atoms with Crippen molar-refractivity contribution in [3.05, 3.63) is 113 Å². The van der Waals surface area contributed by atoms with Gasteiger partial charge in [0.1, 0.15) is 22.7 Å². The summed E-state index contributed by atoms with van der Waals surface area (Å²) in [7, 11) is 1.57. The number of nitrogen functional groups attached to an aromatic ring is 1. The van der Waals surface area contributed by atoms with Gasteiger partial charge in [-0.15, -0.1) is 0 Å². The third-order valence-corrected chi connectivity index (χ3v) is 8.99. The Kier molecular flexibility index (Phi) is 9.44. The molecule has 1 aliphatic rings. The molecule has 0 amide bonds. The number of rotatable bonds is 11. The average molecular weight is 696 g/mol. The van der Waals surface area contributed by atoms with E-state index in [1.807, 2.05) is 47.0 Å². The summed E-state index contributed by atoms with van der Waals surface area (Å²) in [5.41, 5.74) is 17.6. The van der Waals surface area contributed by atoms with Crippen LogP contribution in [0.25, 0.3) is 22.4 Å². The summed E-state index contributed by atoms with van der Waals surface area (Å²) in [5, 5.41) is 0.384. The number of fused-ring (bicyclic) bond motifs is 1.